The van der Waals surface area contributed by atoms with E-state index in [2.05, 4.69) is 0 Å². The number of rotatable bonds is 4. The lowest BCUT2D eigenvalue weighted by atomic mass is 9.90. The number of carbonyl (C=O) groups is 1. The number of aliphatic hydroxyl groups excluding tert-OH is 1. The molecule has 3 heteroatoms. The topological polar surface area (TPSA) is 57.5 Å². The number of benzene rings is 2. The molecule has 0 bridgehead atoms. The van der Waals surface area contributed by atoms with E-state index in [1.807, 2.05) is 52.8 Å². The summed E-state index contributed by atoms with van der Waals surface area (Å²) in [6.07, 6.45) is 0.374. The molecule has 0 unspecified atom stereocenters. The van der Waals surface area contributed by atoms with Gasteiger partial charge in [-0.1, -0.05) is 31.6 Å². The van der Waals surface area contributed by atoms with E-state index in [0.29, 0.717) is 10.9 Å². The Kier molecular flexibility index (Phi) is 4.90. The van der Waals surface area contributed by atoms with E-state index < -0.39 is 6.10 Å². The number of allylic oxidation sites excluding steroid dienone is 1. The van der Waals surface area contributed by atoms with Crippen molar-refractivity contribution in [2.24, 2.45) is 0 Å². The van der Waals surface area contributed by atoms with Crippen molar-refractivity contribution in [1.29, 1.82) is 0 Å². The quantitative estimate of drug-likeness (QED) is 0.646. The Morgan fingerprint density at radius 1 is 1.17 bits per heavy atom. The number of Topliss-reactive ketones (excluding diaryl/α,β-unsaturated/α-hetero) is 1. The van der Waals surface area contributed by atoms with Gasteiger partial charge in [-0.25, -0.2) is 0 Å². The zero-order valence-corrected chi connectivity index (χ0v) is 14.3. The van der Waals surface area contributed by atoms with E-state index in [0.717, 1.165) is 22.1 Å². The number of phenolic OH excluding ortho intramolecular Hbond substituents is 1. The van der Waals surface area contributed by atoms with Gasteiger partial charge in [0.05, 0.1) is 0 Å². The Labute approximate surface area is 137 Å². The van der Waals surface area contributed by atoms with Crippen LogP contribution in [-0.2, 0) is 0 Å². The van der Waals surface area contributed by atoms with Crippen LogP contribution in [-0.4, -0.2) is 22.1 Å². The maximum Gasteiger partial charge on any atom is 0.196 e. The van der Waals surface area contributed by atoms with Gasteiger partial charge < -0.3 is 10.2 Å². The van der Waals surface area contributed by atoms with Crippen molar-refractivity contribution in [2.45, 2.75) is 46.6 Å². The molecule has 0 saturated heterocycles. The first kappa shape index (κ1) is 17.2. The highest BCUT2D eigenvalue weighted by molar-refractivity contribution is 6.12. The molecule has 2 rings (SSSR count). The molecule has 0 aliphatic heterocycles. The van der Waals surface area contributed by atoms with Gasteiger partial charge in [0.25, 0.3) is 0 Å². The molecule has 0 heterocycles. The van der Waals surface area contributed by atoms with Crippen LogP contribution in [0, 0.1) is 6.92 Å². The minimum absolute atomic E-state index is 0.184. The van der Waals surface area contributed by atoms with Gasteiger partial charge >= 0.3 is 0 Å². The van der Waals surface area contributed by atoms with E-state index in [4.69, 9.17) is 0 Å². The highest BCUT2D eigenvalue weighted by Crippen LogP contribution is 2.33. The fourth-order valence-corrected chi connectivity index (χ4v) is 2.82. The molecule has 0 amide bonds. The summed E-state index contributed by atoms with van der Waals surface area (Å²) in [4.78, 5) is 12.7. The van der Waals surface area contributed by atoms with Crippen LogP contribution >= 0.6 is 0 Å². The Hall–Kier alpha value is -2.13. The second-order valence-corrected chi connectivity index (χ2v) is 6.60. The fourth-order valence-electron chi connectivity index (χ4n) is 2.82. The van der Waals surface area contributed by atoms with Gasteiger partial charge in [0, 0.05) is 5.56 Å². The zero-order chi connectivity index (χ0) is 17.3. The predicted octanol–water partition coefficient (Wildman–Crippen LogP) is 4.49. The van der Waals surface area contributed by atoms with E-state index in [1.54, 1.807) is 12.1 Å². The first-order valence-electron chi connectivity index (χ1n) is 7.86. The summed E-state index contributed by atoms with van der Waals surface area (Å²) >= 11 is 0. The van der Waals surface area contributed by atoms with Crippen LogP contribution in [0.1, 0.15) is 55.1 Å². The molecule has 0 aromatic heterocycles. The van der Waals surface area contributed by atoms with Crippen molar-refractivity contribution in [3.63, 3.8) is 0 Å². The molecule has 122 valence electrons. The Balaban J connectivity index is 2.68. The zero-order valence-electron chi connectivity index (χ0n) is 14.3. The van der Waals surface area contributed by atoms with E-state index >= 15 is 0 Å². The van der Waals surface area contributed by atoms with E-state index in [1.165, 1.54) is 0 Å². The largest absolute Gasteiger partial charge is 0.508 e. The van der Waals surface area contributed by atoms with Gasteiger partial charge in [-0.3, -0.25) is 4.79 Å². The summed E-state index contributed by atoms with van der Waals surface area (Å²) in [6, 6.07) is 7.38. The number of hydrogen-bond acceptors (Lipinski definition) is 3. The summed E-state index contributed by atoms with van der Waals surface area (Å²) in [5.41, 5.74) is 3.00. The van der Waals surface area contributed by atoms with Gasteiger partial charge in [0.2, 0.25) is 0 Å². The summed E-state index contributed by atoms with van der Waals surface area (Å²) in [5.74, 6) is 0.0333. The maximum atomic E-state index is 12.7. The molecule has 23 heavy (non-hydrogen) atoms. The third kappa shape index (κ3) is 3.45. The molecule has 0 radical (unpaired) electrons. The third-order valence-corrected chi connectivity index (χ3v) is 4.00. The van der Waals surface area contributed by atoms with Crippen LogP contribution in [0.3, 0.4) is 0 Å². The number of ketones is 1. The van der Waals surface area contributed by atoms with Crippen molar-refractivity contribution in [1.82, 2.24) is 0 Å². The van der Waals surface area contributed by atoms with Gasteiger partial charge in [-0.15, -0.1) is 0 Å². The highest BCUT2D eigenvalue weighted by Gasteiger charge is 2.21. The minimum atomic E-state index is -1.17. The first-order chi connectivity index (χ1) is 10.7. The predicted molar refractivity (Wildman–Crippen MR) is 94.2 cm³/mol. The van der Waals surface area contributed by atoms with Gasteiger partial charge in [0.15, 0.2) is 5.78 Å². The average Bonchev–Trinajstić information content (AvgIpc) is 2.45. The summed E-state index contributed by atoms with van der Waals surface area (Å²) in [6.45, 7) is 9.55. The molecule has 2 N–H and O–H groups in total. The van der Waals surface area contributed by atoms with Gasteiger partial charge in [0.1, 0.15) is 11.9 Å². The highest BCUT2D eigenvalue weighted by atomic mass is 16.3. The van der Waals surface area contributed by atoms with Crippen LogP contribution in [0.4, 0.5) is 0 Å². The molecule has 3 nitrogen and oxygen atoms in total. The number of carbonyl (C=O) groups excluding carboxylic acids is 1. The minimum Gasteiger partial charge on any atom is -0.508 e. The van der Waals surface area contributed by atoms with Crippen molar-refractivity contribution in [3.8, 4) is 5.75 Å². The average molecular weight is 312 g/mol. The number of aliphatic hydroxyl groups is 1. The third-order valence-electron chi connectivity index (χ3n) is 4.00. The molecule has 0 fully saturated rings. The van der Waals surface area contributed by atoms with Crippen LogP contribution in [0.2, 0.25) is 0 Å². The maximum absolute atomic E-state index is 12.7. The molecule has 0 aliphatic carbocycles. The normalized spacial score (nSPS) is 12.5. The number of aryl methyl sites for hydroxylation is 1. The molecule has 2 aromatic carbocycles. The lowest BCUT2D eigenvalue weighted by Gasteiger charge is -2.15. The molecule has 2 aromatic rings. The lowest BCUT2D eigenvalue weighted by molar-refractivity contribution is 0.0820. The molecule has 0 saturated carbocycles. The van der Waals surface area contributed by atoms with Crippen LogP contribution in [0.25, 0.3) is 10.8 Å². The molecule has 0 aliphatic rings. The second kappa shape index (κ2) is 6.55. The first-order valence-corrected chi connectivity index (χ1v) is 7.86. The van der Waals surface area contributed by atoms with Crippen molar-refractivity contribution in [2.75, 3.05) is 0 Å². The number of hydrogen-bond donors (Lipinski definition) is 2. The van der Waals surface area contributed by atoms with Crippen LogP contribution < -0.4 is 0 Å². The van der Waals surface area contributed by atoms with Crippen molar-refractivity contribution < 1.29 is 15.0 Å². The number of aromatic hydroxyl groups is 1. The smallest absolute Gasteiger partial charge is 0.196 e. The number of phenols is 1. The monoisotopic (exact) mass is 312 g/mol. The van der Waals surface area contributed by atoms with Gasteiger partial charge in [-0.2, -0.15) is 0 Å². The van der Waals surface area contributed by atoms with Crippen molar-refractivity contribution >= 4 is 16.6 Å². The number of fused-ring (bicyclic) bond motifs is 1. The van der Waals surface area contributed by atoms with Crippen LogP contribution in [0.15, 0.2) is 35.9 Å². The molecule has 0 spiro atoms. The van der Waals surface area contributed by atoms with Crippen LogP contribution in [0.5, 0.6) is 5.75 Å². The Bertz CT molecular complexity index is 781. The Morgan fingerprint density at radius 2 is 1.83 bits per heavy atom. The summed E-state index contributed by atoms with van der Waals surface area (Å²) in [5, 5.41) is 22.0. The second-order valence-electron chi connectivity index (χ2n) is 6.60. The summed E-state index contributed by atoms with van der Waals surface area (Å²) in [7, 11) is 0. The fraction of sp³-hybridized carbons (Fsp3) is 0.350. The SMILES string of the molecule is CC(C)=C[C@@H](O)C(=O)c1c(C)ccc2cc(C(C)C)c(O)cc12. The molecule has 1 atom stereocenters. The summed E-state index contributed by atoms with van der Waals surface area (Å²) < 4.78 is 0. The Morgan fingerprint density at radius 3 is 2.39 bits per heavy atom. The van der Waals surface area contributed by atoms with E-state index in [-0.39, 0.29) is 17.5 Å². The van der Waals surface area contributed by atoms with E-state index in [9.17, 15) is 15.0 Å². The molecular formula is C20H24O3. The standard InChI is InChI=1S/C20H24O3/c1-11(2)8-18(22)20(23)19-13(5)6-7-14-9-15(12(3)4)17(21)10-16(14)19/h6-10,12,18,21-22H,1-5H3/t18-/m1/s1. The lowest BCUT2D eigenvalue weighted by Crippen LogP contribution is -2.19. The van der Waals surface area contributed by atoms with Crippen molar-refractivity contribution in [3.05, 3.63) is 52.6 Å². The molecular weight excluding hydrogens is 288 g/mol. The van der Waals surface area contributed by atoms with Gasteiger partial charge in [-0.05, 0) is 66.8 Å².